The molecule has 0 unspecified atom stereocenters. The van der Waals surface area contributed by atoms with Gasteiger partial charge in [0.05, 0.1) is 5.54 Å². The van der Waals surface area contributed by atoms with E-state index in [0.717, 1.165) is 22.4 Å². The van der Waals surface area contributed by atoms with Gasteiger partial charge in [0.2, 0.25) is 0 Å². The minimum absolute atomic E-state index is 0.0396. The van der Waals surface area contributed by atoms with Crippen LogP contribution in [0.25, 0.3) is 11.6 Å². The number of hydrogen-bond acceptors (Lipinski definition) is 3. The molecule has 31 heavy (non-hydrogen) atoms. The molecule has 1 heterocycles. The number of nitrogens with zero attached hydrogens (tertiary/aromatic N) is 2. The van der Waals surface area contributed by atoms with E-state index in [1.54, 1.807) is 18.2 Å². The number of allylic oxidation sites excluding steroid dienone is 1. The molecule has 0 fully saturated rings. The van der Waals surface area contributed by atoms with Crippen LogP contribution in [-0.4, -0.2) is 17.5 Å². The van der Waals surface area contributed by atoms with Crippen LogP contribution < -0.4 is 10.2 Å². The number of nitriles is 1. The third-order valence-electron chi connectivity index (χ3n) is 5.54. The first-order chi connectivity index (χ1) is 14.5. The molecule has 5 heteroatoms. The van der Waals surface area contributed by atoms with Crippen molar-refractivity contribution in [1.82, 2.24) is 0 Å². The zero-order valence-corrected chi connectivity index (χ0v) is 19.6. The number of rotatable bonds is 4. The molecule has 0 atom stereocenters. The van der Waals surface area contributed by atoms with Gasteiger partial charge in [0, 0.05) is 28.0 Å². The van der Waals surface area contributed by atoms with Gasteiger partial charge >= 0.3 is 0 Å². The SMILES string of the molecule is CC1=CC(C)(C)N(C(C)C)c2ccc(/C=C(/C#N)C(=O)Nc3cc(Cl)ccc3C)cc21. The van der Waals surface area contributed by atoms with Gasteiger partial charge in [-0.05, 0) is 88.6 Å². The molecule has 0 spiro atoms. The molecule has 0 radical (unpaired) electrons. The van der Waals surface area contributed by atoms with E-state index >= 15 is 0 Å². The van der Waals surface area contributed by atoms with Crippen LogP contribution in [0.15, 0.2) is 48.0 Å². The third kappa shape index (κ3) is 4.68. The van der Waals surface area contributed by atoms with Gasteiger partial charge in [-0.15, -0.1) is 0 Å². The number of anilines is 2. The van der Waals surface area contributed by atoms with E-state index in [1.165, 1.54) is 5.57 Å². The maximum absolute atomic E-state index is 12.7. The Bertz CT molecular complexity index is 1140. The lowest BCUT2D eigenvalue weighted by Crippen LogP contribution is -2.49. The highest BCUT2D eigenvalue weighted by molar-refractivity contribution is 6.31. The number of carbonyl (C=O) groups excluding carboxylic acids is 1. The summed E-state index contributed by atoms with van der Waals surface area (Å²) in [5.74, 6) is -0.456. The molecule has 0 aromatic heterocycles. The van der Waals surface area contributed by atoms with Crippen molar-refractivity contribution in [2.45, 2.75) is 53.1 Å². The highest BCUT2D eigenvalue weighted by atomic mass is 35.5. The van der Waals surface area contributed by atoms with Crippen LogP contribution in [0.3, 0.4) is 0 Å². The highest BCUT2D eigenvalue weighted by Gasteiger charge is 2.32. The van der Waals surface area contributed by atoms with Gasteiger partial charge < -0.3 is 10.2 Å². The fraction of sp³-hybridized carbons (Fsp3) is 0.308. The molecule has 4 nitrogen and oxygen atoms in total. The van der Waals surface area contributed by atoms with E-state index in [2.05, 4.69) is 57.0 Å². The second-order valence-electron chi connectivity index (χ2n) is 8.80. The fourth-order valence-electron chi connectivity index (χ4n) is 4.33. The number of nitrogens with one attached hydrogen (secondary N) is 1. The standard InChI is InChI=1S/C26H28ClN3O/c1-16(2)30-24-10-8-19(12-22(24)18(4)14-26(30,5)6)11-20(15-28)25(31)29-23-13-21(27)9-7-17(23)3/h7-14,16H,1-6H3,(H,29,31)/b20-11-. The Morgan fingerprint density at radius 1 is 1.19 bits per heavy atom. The summed E-state index contributed by atoms with van der Waals surface area (Å²) in [4.78, 5) is 15.1. The van der Waals surface area contributed by atoms with E-state index in [1.807, 2.05) is 31.2 Å². The summed E-state index contributed by atoms with van der Waals surface area (Å²) in [6.07, 6.45) is 3.89. The molecule has 2 aromatic rings. The molecule has 0 aliphatic carbocycles. The lowest BCUT2D eigenvalue weighted by molar-refractivity contribution is -0.112. The van der Waals surface area contributed by atoms with Crippen molar-refractivity contribution in [3.05, 3.63) is 69.8 Å². The summed E-state index contributed by atoms with van der Waals surface area (Å²) < 4.78 is 0. The third-order valence-corrected chi connectivity index (χ3v) is 5.77. The van der Waals surface area contributed by atoms with E-state index in [4.69, 9.17) is 11.6 Å². The minimum Gasteiger partial charge on any atom is -0.360 e. The Balaban J connectivity index is 1.96. The van der Waals surface area contributed by atoms with Crippen molar-refractivity contribution < 1.29 is 4.79 Å². The minimum atomic E-state index is -0.456. The summed E-state index contributed by atoms with van der Waals surface area (Å²) in [5, 5.41) is 12.9. The predicted molar refractivity (Wildman–Crippen MR) is 130 cm³/mol. The number of hydrogen-bond donors (Lipinski definition) is 1. The molecule has 1 amide bonds. The van der Waals surface area contributed by atoms with Crippen molar-refractivity contribution in [3.63, 3.8) is 0 Å². The van der Waals surface area contributed by atoms with Crippen LogP contribution in [0.2, 0.25) is 5.02 Å². The van der Waals surface area contributed by atoms with E-state index in [9.17, 15) is 10.1 Å². The molecule has 3 rings (SSSR count). The Hall–Kier alpha value is -3.03. The van der Waals surface area contributed by atoms with Gasteiger partial charge in [0.25, 0.3) is 5.91 Å². The van der Waals surface area contributed by atoms with E-state index < -0.39 is 5.91 Å². The van der Waals surface area contributed by atoms with Crippen molar-refractivity contribution in [3.8, 4) is 6.07 Å². The molecule has 0 saturated heterocycles. The Labute approximate surface area is 189 Å². The first-order valence-corrected chi connectivity index (χ1v) is 10.7. The Morgan fingerprint density at radius 2 is 1.90 bits per heavy atom. The summed E-state index contributed by atoms with van der Waals surface area (Å²) >= 11 is 6.04. The number of carbonyl (C=O) groups is 1. The van der Waals surface area contributed by atoms with Crippen LogP contribution in [0, 0.1) is 18.3 Å². The molecule has 0 bridgehead atoms. The summed E-state index contributed by atoms with van der Waals surface area (Å²) in [6, 6.07) is 13.7. The van der Waals surface area contributed by atoms with Gasteiger partial charge in [-0.2, -0.15) is 5.26 Å². The van der Waals surface area contributed by atoms with Crippen LogP contribution in [0.5, 0.6) is 0 Å². The van der Waals surface area contributed by atoms with Crippen LogP contribution in [-0.2, 0) is 4.79 Å². The number of fused-ring (bicyclic) bond motifs is 1. The molecule has 0 saturated carbocycles. The fourth-order valence-corrected chi connectivity index (χ4v) is 4.51. The molecular formula is C26H28ClN3O. The average Bonchev–Trinajstić information content (AvgIpc) is 2.68. The number of benzene rings is 2. The summed E-state index contributed by atoms with van der Waals surface area (Å²) in [7, 11) is 0. The maximum Gasteiger partial charge on any atom is 0.266 e. The van der Waals surface area contributed by atoms with E-state index in [-0.39, 0.29) is 11.1 Å². The smallest absolute Gasteiger partial charge is 0.266 e. The van der Waals surface area contributed by atoms with Gasteiger partial charge in [0.1, 0.15) is 11.6 Å². The van der Waals surface area contributed by atoms with Crippen molar-refractivity contribution in [2.24, 2.45) is 0 Å². The molecule has 1 aliphatic heterocycles. The van der Waals surface area contributed by atoms with Gasteiger partial charge in [-0.1, -0.05) is 29.8 Å². The van der Waals surface area contributed by atoms with Crippen LogP contribution in [0.1, 0.15) is 51.3 Å². The lowest BCUT2D eigenvalue weighted by Gasteiger charge is -2.46. The number of aryl methyl sites for hydroxylation is 1. The topological polar surface area (TPSA) is 56.1 Å². The molecule has 1 aliphatic rings. The van der Waals surface area contributed by atoms with Crippen LogP contribution >= 0.6 is 11.6 Å². The van der Waals surface area contributed by atoms with Gasteiger partial charge in [-0.3, -0.25) is 4.79 Å². The van der Waals surface area contributed by atoms with Crippen molar-refractivity contribution in [2.75, 3.05) is 10.2 Å². The first kappa shape index (κ1) is 22.7. The molecule has 2 aromatic carbocycles. The predicted octanol–water partition coefficient (Wildman–Crippen LogP) is 6.60. The van der Waals surface area contributed by atoms with Gasteiger partial charge in [-0.25, -0.2) is 0 Å². The maximum atomic E-state index is 12.7. The lowest BCUT2D eigenvalue weighted by atomic mass is 9.87. The normalized spacial score (nSPS) is 15.3. The zero-order valence-electron chi connectivity index (χ0n) is 18.9. The number of amides is 1. The molecular weight excluding hydrogens is 406 g/mol. The quantitative estimate of drug-likeness (QED) is 0.436. The monoisotopic (exact) mass is 433 g/mol. The van der Waals surface area contributed by atoms with Crippen molar-refractivity contribution in [1.29, 1.82) is 5.26 Å². The second kappa shape index (κ2) is 8.61. The van der Waals surface area contributed by atoms with Crippen molar-refractivity contribution >= 4 is 40.5 Å². The van der Waals surface area contributed by atoms with E-state index in [0.29, 0.717) is 16.8 Å². The van der Waals surface area contributed by atoms with Gasteiger partial charge in [0.15, 0.2) is 0 Å². The molecule has 1 N–H and O–H groups in total. The Morgan fingerprint density at radius 3 is 2.55 bits per heavy atom. The summed E-state index contributed by atoms with van der Waals surface area (Å²) in [6.45, 7) is 12.8. The molecule has 160 valence electrons. The zero-order chi connectivity index (χ0) is 22.9. The highest BCUT2D eigenvalue weighted by Crippen LogP contribution is 2.40. The average molecular weight is 434 g/mol. The van der Waals surface area contributed by atoms with Crippen LogP contribution in [0.4, 0.5) is 11.4 Å². The summed E-state index contributed by atoms with van der Waals surface area (Å²) in [5.41, 5.74) is 5.69. The first-order valence-electron chi connectivity index (χ1n) is 10.4. The largest absolute Gasteiger partial charge is 0.360 e. The second-order valence-corrected chi connectivity index (χ2v) is 9.24. The number of halogens is 1. The Kier molecular flexibility index (Phi) is 6.29.